The predicted octanol–water partition coefficient (Wildman–Crippen LogP) is 3.54. The Hall–Kier alpha value is -2.15. The van der Waals surface area contributed by atoms with Crippen LogP contribution in [0.25, 0.3) is 0 Å². The largest absolute Gasteiger partial charge is 0.493 e. The molecule has 0 radical (unpaired) electrons. The lowest BCUT2D eigenvalue weighted by atomic mass is 9.66. The number of benzene rings is 1. The number of ether oxygens (including phenoxy) is 4. The highest BCUT2D eigenvalue weighted by Gasteiger charge is 2.50. The van der Waals surface area contributed by atoms with Gasteiger partial charge >= 0.3 is 6.09 Å². The van der Waals surface area contributed by atoms with Crippen LogP contribution < -0.4 is 14.2 Å². The van der Waals surface area contributed by atoms with Crippen LogP contribution in [0, 0.1) is 5.92 Å². The molecule has 2 fully saturated rings. The second-order valence-electron chi connectivity index (χ2n) is 7.50. The number of methoxy groups -OCH3 is 3. The van der Waals surface area contributed by atoms with Gasteiger partial charge in [0, 0.05) is 12.5 Å². The van der Waals surface area contributed by atoms with Crippen molar-refractivity contribution in [3.05, 3.63) is 17.7 Å². The Bertz CT molecular complexity index is 683. The first-order valence-corrected chi connectivity index (χ1v) is 9.94. The number of likely N-dealkylation sites (tertiary alicyclic amines) is 1. The van der Waals surface area contributed by atoms with Crippen LogP contribution in [0.1, 0.15) is 50.6 Å². The molecule has 28 heavy (non-hydrogen) atoms. The van der Waals surface area contributed by atoms with Gasteiger partial charge in [0.15, 0.2) is 11.5 Å². The van der Waals surface area contributed by atoms with Crippen LogP contribution in [-0.4, -0.2) is 56.2 Å². The Labute approximate surface area is 166 Å². The molecular weight excluding hydrogens is 362 g/mol. The van der Waals surface area contributed by atoms with E-state index in [1.54, 1.807) is 33.2 Å². The highest BCUT2D eigenvalue weighted by atomic mass is 16.6. The second-order valence-corrected chi connectivity index (χ2v) is 7.50. The van der Waals surface area contributed by atoms with E-state index in [1.807, 2.05) is 12.1 Å². The SMILES string of the molecule is CCOC(=O)N1CCC2(O)CCCCC2C1c1cc(OC)c(OC)c(OC)c1. The lowest BCUT2D eigenvalue weighted by Gasteiger charge is -2.52. The minimum absolute atomic E-state index is 0.0674. The van der Waals surface area contributed by atoms with E-state index in [4.69, 9.17) is 18.9 Å². The summed E-state index contributed by atoms with van der Waals surface area (Å²) in [5, 5.41) is 11.3. The van der Waals surface area contributed by atoms with Crippen molar-refractivity contribution in [2.75, 3.05) is 34.5 Å². The van der Waals surface area contributed by atoms with E-state index >= 15 is 0 Å². The smallest absolute Gasteiger partial charge is 0.410 e. The molecule has 3 atom stereocenters. The van der Waals surface area contributed by atoms with E-state index < -0.39 is 5.60 Å². The summed E-state index contributed by atoms with van der Waals surface area (Å²) in [7, 11) is 4.70. The summed E-state index contributed by atoms with van der Waals surface area (Å²) in [4.78, 5) is 14.5. The molecule has 1 aromatic rings. The Morgan fingerprint density at radius 3 is 2.39 bits per heavy atom. The minimum Gasteiger partial charge on any atom is -0.493 e. The van der Waals surface area contributed by atoms with Crippen molar-refractivity contribution in [2.24, 2.45) is 5.92 Å². The van der Waals surface area contributed by atoms with Gasteiger partial charge in [0.25, 0.3) is 0 Å². The second kappa shape index (κ2) is 8.47. The van der Waals surface area contributed by atoms with E-state index in [-0.39, 0.29) is 18.1 Å². The third-order valence-corrected chi connectivity index (χ3v) is 6.10. The zero-order valence-corrected chi connectivity index (χ0v) is 17.2. The third-order valence-electron chi connectivity index (χ3n) is 6.10. The van der Waals surface area contributed by atoms with Crippen molar-refractivity contribution in [2.45, 2.75) is 50.7 Å². The zero-order chi connectivity index (χ0) is 20.3. The molecule has 156 valence electrons. The number of hydrogen-bond acceptors (Lipinski definition) is 6. The molecule has 0 spiro atoms. The van der Waals surface area contributed by atoms with E-state index in [1.165, 1.54) is 0 Å². The maximum atomic E-state index is 12.7. The highest BCUT2D eigenvalue weighted by Crippen LogP contribution is 2.51. The van der Waals surface area contributed by atoms with Crippen molar-refractivity contribution in [1.82, 2.24) is 4.90 Å². The summed E-state index contributed by atoms with van der Waals surface area (Å²) in [6.45, 7) is 2.56. The third kappa shape index (κ3) is 3.60. The van der Waals surface area contributed by atoms with Gasteiger partial charge in [-0.15, -0.1) is 0 Å². The summed E-state index contributed by atoms with van der Waals surface area (Å²) in [5.74, 6) is 1.50. The lowest BCUT2D eigenvalue weighted by Crippen LogP contribution is -2.56. The van der Waals surface area contributed by atoms with Gasteiger partial charge in [-0.1, -0.05) is 12.8 Å². The molecule has 2 aliphatic rings. The summed E-state index contributed by atoms with van der Waals surface area (Å²) in [6, 6.07) is 3.43. The van der Waals surface area contributed by atoms with Crippen LogP contribution >= 0.6 is 0 Å². The van der Waals surface area contributed by atoms with Crippen LogP contribution in [0.3, 0.4) is 0 Å². The monoisotopic (exact) mass is 393 g/mol. The number of carbonyl (C=O) groups is 1. The van der Waals surface area contributed by atoms with E-state index in [2.05, 4.69) is 0 Å². The maximum Gasteiger partial charge on any atom is 0.410 e. The Morgan fingerprint density at radius 2 is 1.82 bits per heavy atom. The van der Waals surface area contributed by atoms with Gasteiger partial charge in [0.1, 0.15) is 0 Å². The first kappa shape index (κ1) is 20.6. The van der Waals surface area contributed by atoms with Crippen molar-refractivity contribution in [3.8, 4) is 17.2 Å². The van der Waals surface area contributed by atoms with Crippen LogP contribution in [0.15, 0.2) is 12.1 Å². The number of piperidine rings is 1. The molecule has 1 N–H and O–H groups in total. The summed E-state index contributed by atoms with van der Waals surface area (Å²) in [5.41, 5.74) is 0.0827. The number of nitrogens with zero attached hydrogens (tertiary/aromatic N) is 1. The van der Waals surface area contributed by atoms with Crippen molar-refractivity contribution in [1.29, 1.82) is 0 Å². The quantitative estimate of drug-likeness (QED) is 0.825. The number of hydrogen-bond donors (Lipinski definition) is 1. The van der Waals surface area contributed by atoms with E-state index in [9.17, 15) is 9.90 Å². The van der Waals surface area contributed by atoms with Gasteiger partial charge in [-0.2, -0.15) is 0 Å². The van der Waals surface area contributed by atoms with Gasteiger partial charge in [0.05, 0.1) is 39.6 Å². The summed E-state index contributed by atoms with van der Waals surface area (Å²) < 4.78 is 21.8. The molecule has 0 bridgehead atoms. The summed E-state index contributed by atoms with van der Waals surface area (Å²) >= 11 is 0. The molecule has 0 aromatic heterocycles. The van der Waals surface area contributed by atoms with E-state index in [0.717, 1.165) is 31.2 Å². The molecule has 1 saturated heterocycles. The Balaban J connectivity index is 2.10. The van der Waals surface area contributed by atoms with Gasteiger partial charge in [-0.3, -0.25) is 0 Å². The Kier molecular flexibility index (Phi) is 6.23. The number of rotatable bonds is 5. The molecule has 1 saturated carbocycles. The average molecular weight is 393 g/mol. The fraction of sp³-hybridized carbons (Fsp3) is 0.667. The first-order chi connectivity index (χ1) is 13.5. The number of carbonyl (C=O) groups excluding carboxylic acids is 1. The average Bonchev–Trinajstić information content (AvgIpc) is 2.71. The number of fused-ring (bicyclic) bond motifs is 1. The predicted molar refractivity (Wildman–Crippen MR) is 104 cm³/mol. The van der Waals surface area contributed by atoms with Crippen molar-refractivity contribution < 1.29 is 28.8 Å². The van der Waals surface area contributed by atoms with Crippen LogP contribution in [0.5, 0.6) is 17.2 Å². The fourth-order valence-electron chi connectivity index (χ4n) is 4.78. The molecule has 7 heteroatoms. The molecule has 1 aromatic carbocycles. The molecule has 3 unspecified atom stereocenters. The van der Waals surface area contributed by atoms with Crippen LogP contribution in [-0.2, 0) is 4.74 Å². The topological polar surface area (TPSA) is 77.5 Å². The van der Waals surface area contributed by atoms with Gasteiger partial charge in [0.2, 0.25) is 5.75 Å². The molecular formula is C21H31NO6. The lowest BCUT2D eigenvalue weighted by molar-refractivity contribution is -0.118. The molecule has 7 nitrogen and oxygen atoms in total. The number of aliphatic hydroxyl groups is 1. The van der Waals surface area contributed by atoms with Gasteiger partial charge in [-0.25, -0.2) is 4.79 Å². The zero-order valence-electron chi connectivity index (χ0n) is 17.2. The Morgan fingerprint density at radius 1 is 1.14 bits per heavy atom. The normalized spacial score (nSPS) is 27.0. The first-order valence-electron chi connectivity index (χ1n) is 9.94. The van der Waals surface area contributed by atoms with Crippen molar-refractivity contribution >= 4 is 6.09 Å². The summed E-state index contributed by atoms with van der Waals surface area (Å²) in [6.07, 6.45) is 3.87. The molecule has 1 aliphatic heterocycles. The van der Waals surface area contributed by atoms with E-state index in [0.29, 0.717) is 36.8 Å². The van der Waals surface area contributed by atoms with Crippen LogP contribution in [0.4, 0.5) is 4.79 Å². The molecule has 3 rings (SSSR count). The molecule has 1 amide bonds. The van der Waals surface area contributed by atoms with Crippen molar-refractivity contribution in [3.63, 3.8) is 0 Å². The van der Waals surface area contributed by atoms with Crippen LogP contribution in [0.2, 0.25) is 0 Å². The molecule has 1 aliphatic carbocycles. The fourth-order valence-corrected chi connectivity index (χ4v) is 4.78. The van der Waals surface area contributed by atoms with Gasteiger partial charge < -0.3 is 29.0 Å². The number of amides is 1. The minimum atomic E-state index is -0.772. The standard InChI is InChI=1S/C21H31NO6/c1-5-28-20(23)22-11-10-21(24)9-7-6-8-15(21)18(22)14-12-16(25-2)19(27-4)17(13-14)26-3/h12-13,15,18,24H,5-11H2,1-4H3. The molecule has 1 heterocycles. The maximum absolute atomic E-state index is 12.7. The highest BCUT2D eigenvalue weighted by molar-refractivity contribution is 5.69. The van der Waals surface area contributed by atoms with Gasteiger partial charge in [-0.05, 0) is 43.9 Å².